The van der Waals surface area contributed by atoms with Crippen LogP contribution in [0.4, 0.5) is 4.39 Å². The first-order chi connectivity index (χ1) is 15.9. The van der Waals surface area contributed by atoms with E-state index in [0.717, 1.165) is 34.7 Å². The van der Waals surface area contributed by atoms with Gasteiger partial charge in [0.25, 0.3) is 5.91 Å². The van der Waals surface area contributed by atoms with Gasteiger partial charge in [-0.05, 0) is 50.3 Å². The summed E-state index contributed by atoms with van der Waals surface area (Å²) in [6.45, 7) is 5.53. The summed E-state index contributed by atoms with van der Waals surface area (Å²) < 4.78 is 13.3. The largest absolute Gasteiger partial charge is 0.352 e. The van der Waals surface area contributed by atoms with Gasteiger partial charge >= 0.3 is 0 Å². The maximum atomic E-state index is 13.3. The van der Waals surface area contributed by atoms with Crippen molar-refractivity contribution in [1.29, 1.82) is 0 Å². The first kappa shape index (κ1) is 23.1. The average molecular weight is 466 g/mol. The fraction of sp³-hybridized carbons (Fsp3) is 0.346. The molecular formula is C26H28FN3O2S. The number of nitrogens with zero attached hydrogens (tertiary/aromatic N) is 2. The first-order valence-corrected chi connectivity index (χ1v) is 12.1. The predicted molar refractivity (Wildman–Crippen MR) is 129 cm³/mol. The number of aromatic nitrogens is 1. The lowest BCUT2D eigenvalue weighted by atomic mass is 9.93. The number of hydrogen-bond donors (Lipinski definition) is 1. The van der Waals surface area contributed by atoms with Gasteiger partial charge in [-0.15, -0.1) is 11.3 Å². The van der Waals surface area contributed by atoms with Crippen LogP contribution in [-0.4, -0.2) is 34.8 Å². The van der Waals surface area contributed by atoms with Gasteiger partial charge < -0.3 is 10.2 Å². The molecule has 5 nitrogen and oxygen atoms in total. The SMILES string of the molecule is Cc1ccc(-c2nc(C)c(C(=O)N3CCC(CC(=O)NCc4cccc(F)c4)CC3)s2)cc1. The smallest absolute Gasteiger partial charge is 0.265 e. The third-order valence-corrected chi connectivity index (χ3v) is 7.24. The number of aryl methyl sites for hydroxylation is 2. The lowest BCUT2D eigenvalue weighted by molar-refractivity contribution is -0.122. The maximum absolute atomic E-state index is 13.3. The molecule has 0 saturated carbocycles. The molecule has 0 bridgehead atoms. The Bertz CT molecular complexity index is 1130. The molecule has 1 aliphatic heterocycles. The summed E-state index contributed by atoms with van der Waals surface area (Å²) in [5, 5.41) is 3.73. The van der Waals surface area contributed by atoms with Gasteiger partial charge in [-0.25, -0.2) is 9.37 Å². The molecule has 1 fully saturated rings. The number of halogens is 1. The number of carbonyl (C=O) groups is 2. The van der Waals surface area contributed by atoms with Crippen molar-refractivity contribution < 1.29 is 14.0 Å². The molecule has 2 heterocycles. The molecule has 33 heavy (non-hydrogen) atoms. The molecule has 2 amide bonds. The van der Waals surface area contributed by atoms with Crippen molar-refractivity contribution in [3.05, 3.63) is 76.0 Å². The normalized spacial score (nSPS) is 14.3. The Morgan fingerprint density at radius 3 is 2.55 bits per heavy atom. The van der Waals surface area contributed by atoms with Crippen molar-refractivity contribution >= 4 is 23.2 Å². The molecule has 3 aromatic rings. The standard InChI is InChI=1S/C26H28FN3O2S/c1-17-6-8-21(9-7-17)25-29-18(2)24(33-25)26(32)30-12-10-19(11-13-30)15-23(31)28-16-20-4-3-5-22(27)14-20/h3-9,14,19H,10-13,15-16H2,1-2H3,(H,28,31). The van der Waals surface area contributed by atoms with Gasteiger partial charge in [-0.1, -0.05) is 42.0 Å². The van der Waals surface area contributed by atoms with Gasteiger partial charge in [-0.2, -0.15) is 0 Å². The van der Waals surface area contributed by atoms with E-state index in [9.17, 15) is 14.0 Å². The van der Waals surface area contributed by atoms with Crippen LogP contribution in [0, 0.1) is 25.6 Å². The molecule has 2 aromatic carbocycles. The highest BCUT2D eigenvalue weighted by Crippen LogP contribution is 2.30. The van der Waals surface area contributed by atoms with Crippen LogP contribution in [0.2, 0.25) is 0 Å². The molecule has 0 aliphatic carbocycles. The number of nitrogens with one attached hydrogen (secondary N) is 1. The molecule has 1 saturated heterocycles. The van der Waals surface area contributed by atoms with Crippen molar-refractivity contribution in [1.82, 2.24) is 15.2 Å². The van der Waals surface area contributed by atoms with E-state index in [0.29, 0.717) is 30.9 Å². The van der Waals surface area contributed by atoms with Crippen LogP contribution in [0.25, 0.3) is 10.6 Å². The van der Waals surface area contributed by atoms with E-state index < -0.39 is 0 Å². The topological polar surface area (TPSA) is 62.3 Å². The molecular weight excluding hydrogens is 437 g/mol. The molecule has 1 N–H and O–H groups in total. The number of likely N-dealkylation sites (tertiary alicyclic amines) is 1. The van der Waals surface area contributed by atoms with Crippen LogP contribution < -0.4 is 5.32 Å². The zero-order valence-electron chi connectivity index (χ0n) is 18.9. The van der Waals surface area contributed by atoms with E-state index >= 15 is 0 Å². The molecule has 172 valence electrons. The molecule has 1 aromatic heterocycles. The summed E-state index contributed by atoms with van der Waals surface area (Å²) in [4.78, 5) is 32.6. The molecule has 0 atom stereocenters. The van der Waals surface area contributed by atoms with Crippen molar-refractivity contribution in [2.45, 2.75) is 39.7 Å². The van der Waals surface area contributed by atoms with E-state index in [1.165, 1.54) is 29.0 Å². The Morgan fingerprint density at radius 1 is 1.12 bits per heavy atom. The Morgan fingerprint density at radius 2 is 1.85 bits per heavy atom. The van der Waals surface area contributed by atoms with E-state index in [1.54, 1.807) is 12.1 Å². The van der Waals surface area contributed by atoms with Crippen LogP contribution in [-0.2, 0) is 11.3 Å². The average Bonchev–Trinajstić information content (AvgIpc) is 3.20. The number of benzene rings is 2. The molecule has 7 heteroatoms. The third kappa shape index (κ3) is 5.85. The Labute approximate surface area is 197 Å². The number of amides is 2. The summed E-state index contributed by atoms with van der Waals surface area (Å²) in [6, 6.07) is 14.4. The second-order valence-corrected chi connectivity index (χ2v) is 9.64. The Kier molecular flexibility index (Phi) is 7.18. The van der Waals surface area contributed by atoms with Gasteiger partial charge in [0, 0.05) is 31.6 Å². The highest BCUT2D eigenvalue weighted by atomic mass is 32.1. The molecule has 0 radical (unpaired) electrons. The zero-order valence-corrected chi connectivity index (χ0v) is 19.8. The minimum Gasteiger partial charge on any atom is -0.352 e. The number of thiazole rings is 1. The van der Waals surface area contributed by atoms with E-state index in [-0.39, 0.29) is 23.5 Å². The summed E-state index contributed by atoms with van der Waals surface area (Å²) in [6.07, 6.45) is 2.01. The highest BCUT2D eigenvalue weighted by Gasteiger charge is 2.27. The fourth-order valence-corrected chi connectivity index (χ4v) is 5.12. The number of rotatable bonds is 6. The zero-order chi connectivity index (χ0) is 23.4. The van der Waals surface area contributed by atoms with Gasteiger partial charge in [-0.3, -0.25) is 9.59 Å². The van der Waals surface area contributed by atoms with Crippen LogP contribution in [0.15, 0.2) is 48.5 Å². The summed E-state index contributed by atoms with van der Waals surface area (Å²) >= 11 is 1.44. The molecule has 1 aliphatic rings. The second-order valence-electron chi connectivity index (χ2n) is 8.65. The monoisotopic (exact) mass is 465 g/mol. The molecule has 4 rings (SSSR count). The number of hydrogen-bond acceptors (Lipinski definition) is 4. The van der Waals surface area contributed by atoms with Crippen molar-refractivity contribution in [3.63, 3.8) is 0 Å². The van der Waals surface area contributed by atoms with Gasteiger partial charge in [0.1, 0.15) is 15.7 Å². The molecule has 0 spiro atoms. The fourth-order valence-electron chi connectivity index (χ4n) is 4.08. The van der Waals surface area contributed by atoms with Gasteiger partial charge in [0.15, 0.2) is 0 Å². The number of piperidine rings is 1. The Balaban J connectivity index is 1.28. The summed E-state index contributed by atoms with van der Waals surface area (Å²) in [5.74, 6) is -0.0735. The summed E-state index contributed by atoms with van der Waals surface area (Å²) in [5.41, 5.74) is 3.72. The van der Waals surface area contributed by atoms with Crippen molar-refractivity contribution in [2.75, 3.05) is 13.1 Å². The molecule has 0 unspecified atom stereocenters. The second kappa shape index (κ2) is 10.3. The first-order valence-electron chi connectivity index (χ1n) is 11.2. The quantitative estimate of drug-likeness (QED) is 0.549. The van der Waals surface area contributed by atoms with Crippen molar-refractivity contribution in [2.24, 2.45) is 5.92 Å². The lowest BCUT2D eigenvalue weighted by Gasteiger charge is -2.31. The number of carbonyl (C=O) groups excluding carboxylic acids is 2. The van der Waals surface area contributed by atoms with Gasteiger partial charge in [0.05, 0.1) is 5.69 Å². The van der Waals surface area contributed by atoms with E-state index in [1.807, 2.05) is 43.0 Å². The maximum Gasteiger partial charge on any atom is 0.265 e. The van der Waals surface area contributed by atoms with Crippen LogP contribution in [0.1, 0.15) is 45.8 Å². The third-order valence-electron chi connectivity index (χ3n) is 6.04. The minimum atomic E-state index is -0.305. The highest BCUT2D eigenvalue weighted by molar-refractivity contribution is 7.17. The summed E-state index contributed by atoms with van der Waals surface area (Å²) in [7, 11) is 0. The van der Waals surface area contributed by atoms with E-state index in [2.05, 4.69) is 10.3 Å². The predicted octanol–water partition coefficient (Wildman–Crippen LogP) is 5.12. The van der Waals surface area contributed by atoms with Gasteiger partial charge in [0.2, 0.25) is 5.91 Å². The Hall–Kier alpha value is -3.06. The lowest BCUT2D eigenvalue weighted by Crippen LogP contribution is -2.39. The van der Waals surface area contributed by atoms with Crippen molar-refractivity contribution in [3.8, 4) is 10.6 Å². The minimum absolute atomic E-state index is 0.0253. The van der Waals surface area contributed by atoms with Crippen LogP contribution in [0.5, 0.6) is 0 Å². The van der Waals surface area contributed by atoms with E-state index in [4.69, 9.17) is 0 Å². The van der Waals surface area contributed by atoms with Crippen LogP contribution >= 0.6 is 11.3 Å². The van der Waals surface area contributed by atoms with Crippen LogP contribution in [0.3, 0.4) is 0 Å².